The predicted molar refractivity (Wildman–Crippen MR) is 74.1 cm³/mol. The molecule has 0 bridgehead atoms. The molecule has 3 heterocycles. The quantitative estimate of drug-likeness (QED) is 0.806. The van der Waals surface area contributed by atoms with Crippen molar-refractivity contribution in [3.8, 4) is 0 Å². The SMILES string of the molecule is CN1CCC(N(C)c2cccc3nccn23)CC1. The van der Waals surface area contributed by atoms with Crippen LogP contribution in [0.5, 0.6) is 0 Å². The normalized spacial score (nSPS) is 18.3. The first-order valence-corrected chi connectivity index (χ1v) is 6.59. The Labute approximate surface area is 108 Å². The fraction of sp³-hybridized carbons (Fsp3) is 0.500. The first-order chi connectivity index (χ1) is 8.75. The van der Waals surface area contributed by atoms with Gasteiger partial charge in [0.05, 0.1) is 0 Å². The van der Waals surface area contributed by atoms with Gasteiger partial charge in [0.2, 0.25) is 0 Å². The summed E-state index contributed by atoms with van der Waals surface area (Å²) in [6, 6.07) is 6.94. The average molecular weight is 244 g/mol. The van der Waals surface area contributed by atoms with Gasteiger partial charge in [-0.2, -0.15) is 0 Å². The number of fused-ring (bicyclic) bond motifs is 1. The molecule has 3 rings (SSSR count). The minimum absolute atomic E-state index is 0.634. The Morgan fingerprint density at radius 2 is 2.06 bits per heavy atom. The predicted octanol–water partition coefficient (Wildman–Crippen LogP) is 1.86. The molecule has 1 saturated heterocycles. The summed E-state index contributed by atoms with van der Waals surface area (Å²) in [5.74, 6) is 1.24. The second-order valence-corrected chi connectivity index (χ2v) is 5.18. The van der Waals surface area contributed by atoms with Crippen molar-refractivity contribution in [3.05, 3.63) is 30.6 Å². The summed E-state index contributed by atoms with van der Waals surface area (Å²) in [5.41, 5.74) is 1.02. The Hall–Kier alpha value is -1.55. The summed E-state index contributed by atoms with van der Waals surface area (Å²) in [5, 5.41) is 0. The fourth-order valence-electron chi connectivity index (χ4n) is 2.79. The van der Waals surface area contributed by atoms with E-state index >= 15 is 0 Å². The van der Waals surface area contributed by atoms with Crippen LogP contribution in [-0.4, -0.2) is 47.5 Å². The first kappa shape index (κ1) is 11.5. The summed E-state index contributed by atoms with van der Waals surface area (Å²) in [4.78, 5) is 9.16. The standard InChI is InChI=1S/C14H20N4/c1-16-9-6-12(7-10-16)17(2)14-5-3-4-13-15-8-11-18(13)14/h3-5,8,11-12H,6-7,9-10H2,1-2H3. The first-order valence-electron chi connectivity index (χ1n) is 6.59. The molecule has 0 N–H and O–H groups in total. The van der Waals surface area contributed by atoms with Crippen molar-refractivity contribution in [2.75, 3.05) is 32.1 Å². The molecule has 0 atom stereocenters. The van der Waals surface area contributed by atoms with E-state index in [1.54, 1.807) is 0 Å². The molecular weight excluding hydrogens is 224 g/mol. The highest BCUT2D eigenvalue weighted by atomic mass is 15.2. The van der Waals surface area contributed by atoms with Crippen molar-refractivity contribution in [1.29, 1.82) is 0 Å². The Morgan fingerprint density at radius 3 is 2.83 bits per heavy atom. The fourth-order valence-corrected chi connectivity index (χ4v) is 2.79. The Balaban J connectivity index is 1.87. The molecule has 0 unspecified atom stereocenters. The van der Waals surface area contributed by atoms with E-state index in [4.69, 9.17) is 0 Å². The molecule has 4 heteroatoms. The lowest BCUT2D eigenvalue weighted by molar-refractivity contribution is 0.252. The Bertz CT molecular complexity index is 525. The summed E-state index contributed by atoms with van der Waals surface area (Å²) >= 11 is 0. The number of hydrogen-bond donors (Lipinski definition) is 0. The van der Waals surface area contributed by atoms with E-state index in [0.29, 0.717) is 6.04 Å². The van der Waals surface area contributed by atoms with Gasteiger partial charge >= 0.3 is 0 Å². The zero-order chi connectivity index (χ0) is 12.5. The van der Waals surface area contributed by atoms with Crippen LogP contribution in [0.15, 0.2) is 30.6 Å². The highest BCUT2D eigenvalue weighted by Crippen LogP contribution is 2.22. The van der Waals surface area contributed by atoms with Gasteiger partial charge in [-0.25, -0.2) is 4.98 Å². The van der Waals surface area contributed by atoms with Crippen molar-refractivity contribution in [2.24, 2.45) is 0 Å². The van der Waals surface area contributed by atoms with Crippen LogP contribution >= 0.6 is 0 Å². The Kier molecular flexibility index (Phi) is 2.96. The molecule has 1 fully saturated rings. The van der Waals surface area contributed by atoms with Gasteiger partial charge in [-0.05, 0) is 45.1 Å². The van der Waals surface area contributed by atoms with Crippen molar-refractivity contribution in [3.63, 3.8) is 0 Å². The average Bonchev–Trinajstić information content (AvgIpc) is 2.87. The van der Waals surface area contributed by atoms with Crippen molar-refractivity contribution >= 4 is 11.5 Å². The second-order valence-electron chi connectivity index (χ2n) is 5.18. The van der Waals surface area contributed by atoms with E-state index in [1.807, 2.05) is 18.5 Å². The molecule has 0 radical (unpaired) electrons. The second kappa shape index (κ2) is 4.61. The number of likely N-dealkylation sites (tertiary alicyclic amines) is 1. The molecule has 0 amide bonds. The maximum absolute atomic E-state index is 4.35. The van der Waals surface area contributed by atoms with Gasteiger partial charge < -0.3 is 9.80 Å². The molecule has 2 aromatic heterocycles. The molecule has 0 saturated carbocycles. The van der Waals surface area contributed by atoms with Crippen LogP contribution in [0.1, 0.15) is 12.8 Å². The van der Waals surface area contributed by atoms with Crippen molar-refractivity contribution < 1.29 is 0 Å². The highest BCUT2D eigenvalue weighted by molar-refractivity contribution is 5.51. The highest BCUT2D eigenvalue weighted by Gasteiger charge is 2.21. The molecule has 1 aliphatic rings. The molecule has 18 heavy (non-hydrogen) atoms. The lowest BCUT2D eigenvalue weighted by Gasteiger charge is -2.36. The van der Waals surface area contributed by atoms with Crippen LogP contribution in [0.2, 0.25) is 0 Å². The van der Waals surface area contributed by atoms with Crippen molar-refractivity contribution in [2.45, 2.75) is 18.9 Å². The summed E-state index contributed by atoms with van der Waals surface area (Å²) in [6.45, 7) is 2.38. The molecule has 0 spiro atoms. The smallest absolute Gasteiger partial charge is 0.138 e. The van der Waals surface area contributed by atoms with E-state index in [-0.39, 0.29) is 0 Å². The Morgan fingerprint density at radius 1 is 1.28 bits per heavy atom. The number of nitrogens with zero attached hydrogens (tertiary/aromatic N) is 4. The zero-order valence-corrected chi connectivity index (χ0v) is 11.1. The maximum atomic E-state index is 4.35. The number of anilines is 1. The van der Waals surface area contributed by atoms with Crippen LogP contribution in [-0.2, 0) is 0 Å². The number of piperidine rings is 1. The van der Waals surface area contributed by atoms with Gasteiger partial charge in [0.1, 0.15) is 11.5 Å². The molecular formula is C14H20N4. The minimum Gasteiger partial charge on any atom is -0.358 e. The third kappa shape index (κ3) is 1.97. The van der Waals surface area contributed by atoms with Gasteiger partial charge in [-0.15, -0.1) is 0 Å². The monoisotopic (exact) mass is 244 g/mol. The van der Waals surface area contributed by atoms with Crippen molar-refractivity contribution in [1.82, 2.24) is 14.3 Å². The molecule has 0 aliphatic carbocycles. The zero-order valence-electron chi connectivity index (χ0n) is 11.1. The minimum atomic E-state index is 0.634. The largest absolute Gasteiger partial charge is 0.358 e. The molecule has 4 nitrogen and oxygen atoms in total. The van der Waals surface area contributed by atoms with Crippen LogP contribution < -0.4 is 4.90 Å². The number of pyridine rings is 1. The van der Waals surface area contributed by atoms with E-state index in [9.17, 15) is 0 Å². The van der Waals surface area contributed by atoms with Gasteiger partial charge in [0.25, 0.3) is 0 Å². The van der Waals surface area contributed by atoms with Gasteiger partial charge in [-0.1, -0.05) is 6.07 Å². The molecule has 2 aromatic rings. The van der Waals surface area contributed by atoms with E-state index in [0.717, 1.165) is 5.65 Å². The number of imidazole rings is 1. The van der Waals surface area contributed by atoms with E-state index in [2.05, 4.69) is 45.4 Å². The maximum Gasteiger partial charge on any atom is 0.138 e. The molecule has 96 valence electrons. The van der Waals surface area contributed by atoms with Gasteiger partial charge in [0.15, 0.2) is 0 Å². The van der Waals surface area contributed by atoms with Gasteiger partial charge in [-0.3, -0.25) is 4.40 Å². The summed E-state index contributed by atoms with van der Waals surface area (Å²) in [7, 11) is 4.40. The van der Waals surface area contributed by atoms with Crippen LogP contribution in [0, 0.1) is 0 Å². The van der Waals surface area contributed by atoms with Crippen LogP contribution in [0.4, 0.5) is 5.82 Å². The summed E-state index contributed by atoms with van der Waals surface area (Å²) in [6.07, 6.45) is 6.37. The molecule has 0 aromatic carbocycles. The molecule has 1 aliphatic heterocycles. The lowest BCUT2D eigenvalue weighted by atomic mass is 10.0. The topological polar surface area (TPSA) is 23.8 Å². The van der Waals surface area contributed by atoms with E-state index in [1.165, 1.54) is 31.7 Å². The van der Waals surface area contributed by atoms with Gasteiger partial charge in [0, 0.05) is 25.5 Å². The third-order valence-electron chi connectivity index (χ3n) is 4.00. The van der Waals surface area contributed by atoms with E-state index < -0.39 is 0 Å². The van der Waals surface area contributed by atoms with Crippen LogP contribution in [0.25, 0.3) is 5.65 Å². The number of aromatic nitrogens is 2. The lowest BCUT2D eigenvalue weighted by Crippen LogP contribution is -2.42. The van der Waals surface area contributed by atoms with Crippen LogP contribution in [0.3, 0.4) is 0 Å². The summed E-state index contributed by atoms with van der Waals surface area (Å²) < 4.78 is 2.16. The number of rotatable bonds is 2. The third-order valence-corrected chi connectivity index (χ3v) is 4.00. The number of hydrogen-bond acceptors (Lipinski definition) is 3.